The Morgan fingerprint density at radius 1 is 1.32 bits per heavy atom. The van der Waals surface area contributed by atoms with Crippen LogP contribution in [0.2, 0.25) is 0 Å². The number of aromatic nitrogens is 2. The Kier molecular flexibility index (Phi) is 7.69. The van der Waals surface area contributed by atoms with Gasteiger partial charge < -0.3 is 15.0 Å². The molecular formula is C18H23N3O3S. The van der Waals surface area contributed by atoms with Crippen LogP contribution in [-0.4, -0.2) is 34.3 Å². The number of rotatable bonds is 9. The minimum absolute atomic E-state index is 0.0626. The van der Waals surface area contributed by atoms with E-state index in [2.05, 4.69) is 15.3 Å². The molecule has 2 rings (SSSR count). The van der Waals surface area contributed by atoms with Crippen molar-refractivity contribution in [2.24, 2.45) is 0 Å². The van der Waals surface area contributed by atoms with Crippen molar-refractivity contribution in [2.45, 2.75) is 38.1 Å². The van der Waals surface area contributed by atoms with Crippen LogP contribution in [0, 0.1) is 0 Å². The number of benzene rings is 1. The maximum Gasteiger partial charge on any atom is 0.251 e. The first-order valence-electron chi connectivity index (χ1n) is 8.18. The van der Waals surface area contributed by atoms with Crippen LogP contribution in [-0.2, 0) is 22.6 Å². The molecule has 0 unspecified atom stereocenters. The first-order chi connectivity index (χ1) is 12.0. The summed E-state index contributed by atoms with van der Waals surface area (Å²) in [6, 6.07) is 11.4. The summed E-state index contributed by atoms with van der Waals surface area (Å²) in [7, 11) is 0. The molecule has 0 aliphatic carbocycles. The van der Waals surface area contributed by atoms with E-state index in [1.807, 2.05) is 44.2 Å². The number of nitrogens with zero attached hydrogens (tertiary/aromatic N) is 1. The Balaban J connectivity index is 1.77. The zero-order valence-electron chi connectivity index (χ0n) is 14.5. The van der Waals surface area contributed by atoms with Crippen molar-refractivity contribution in [3.05, 3.63) is 58.0 Å². The maximum atomic E-state index is 11.9. The van der Waals surface area contributed by atoms with Gasteiger partial charge in [-0.2, -0.15) is 0 Å². The molecular weight excluding hydrogens is 338 g/mol. The fourth-order valence-electron chi connectivity index (χ4n) is 2.05. The van der Waals surface area contributed by atoms with Gasteiger partial charge in [-0.3, -0.25) is 9.59 Å². The summed E-state index contributed by atoms with van der Waals surface area (Å²) in [4.78, 5) is 30.5. The Morgan fingerprint density at radius 3 is 2.80 bits per heavy atom. The standard InChI is InChI=1S/C18H23N3O3S/c1-13(2)24-11-15-10-16(22)21-18(20-15)25-12-17(23)19-9-8-14-6-4-3-5-7-14/h3-7,10,13H,8-9,11-12H2,1-2H3,(H,19,23)(H,20,21,22). The summed E-state index contributed by atoms with van der Waals surface area (Å²) < 4.78 is 5.45. The number of carbonyl (C=O) groups excluding carboxylic acids is 1. The molecule has 0 aliphatic rings. The van der Waals surface area contributed by atoms with Crippen LogP contribution in [0.5, 0.6) is 0 Å². The van der Waals surface area contributed by atoms with Gasteiger partial charge in [-0.1, -0.05) is 42.1 Å². The summed E-state index contributed by atoms with van der Waals surface area (Å²) in [6.07, 6.45) is 0.849. The predicted octanol–water partition coefficient (Wildman–Crippen LogP) is 2.15. The van der Waals surface area contributed by atoms with Crippen LogP contribution in [0.1, 0.15) is 25.1 Å². The van der Waals surface area contributed by atoms with Gasteiger partial charge in [-0.15, -0.1) is 0 Å². The minimum Gasteiger partial charge on any atom is -0.373 e. The summed E-state index contributed by atoms with van der Waals surface area (Å²) in [5.74, 6) is 0.110. The van der Waals surface area contributed by atoms with E-state index in [4.69, 9.17) is 4.74 Å². The first kappa shape index (κ1) is 19.2. The second kappa shape index (κ2) is 10.0. The molecule has 0 saturated carbocycles. The van der Waals surface area contributed by atoms with Gasteiger partial charge in [0.25, 0.3) is 5.56 Å². The highest BCUT2D eigenvalue weighted by Crippen LogP contribution is 2.11. The molecule has 1 aromatic carbocycles. The Hall–Kier alpha value is -2.12. The van der Waals surface area contributed by atoms with Crippen molar-refractivity contribution in [3.63, 3.8) is 0 Å². The van der Waals surface area contributed by atoms with Crippen LogP contribution < -0.4 is 10.9 Å². The number of carbonyl (C=O) groups is 1. The van der Waals surface area contributed by atoms with E-state index in [0.717, 1.165) is 6.42 Å². The number of amides is 1. The third-order valence-corrected chi connectivity index (χ3v) is 4.13. The van der Waals surface area contributed by atoms with Gasteiger partial charge in [0.05, 0.1) is 24.2 Å². The van der Waals surface area contributed by atoms with Crippen LogP contribution in [0.3, 0.4) is 0 Å². The van der Waals surface area contributed by atoms with Gasteiger partial charge >= 0.3 is 0 Å². The average Bonchev–Trinajstić information content (AvgIpc) is 2.59. The van der Waals surface area contributed by atoms with E-state index in [0.29, 0.717) is 17.4 Å². The molecule has 2 aromatic rings. The topological polar surface area (TPSA) is 84.1 Å². The fraction of sp³-hybridized carbons (Fsp3) is 0.389. The minimum atomic E-state index is -0.246. The van der Waals surface area contributed by atoms with E-state index in [-0.39, 0.29) is 29.9 Å². The molecule has 0 bridgehead atoms. The normalized spacial score (nSPS) is 10.8. The van der Waals surface area contributed by atoms with Gasteiger partial charge in [-0.25, -0.2) is 4.98 Å². The number of hydrogen-bond acceptors (Lipinski definition) is 5. The lowest BCUT2D eigenvalue weighted by Gasteiger charge is -2.08. The molecule has 1 amide bonds. The van der Waals surface area contributed by atoms with E-state index in [9.17, 15) is 9.59 Å². The third-order valence-electron chi connectivity index (χ3n) is 3.26. The lowest BCUT2D eigenvalue weighted by atomic mass is 10.1. The van der Waals surface area contributed by atoms with Crippen molar-refractivity contribution < 1.29 is 9.53 Å². The highest BCUT2D eigenvalue weighted by Gasteiger charge is 2.07. The van der Waals surface area contributed by atoms with Crippen molar-refractivity contribution in [1.82, 2.24) is 15.3 Å². The number of aromatic amines is 1. The highest BCUT2D eigenvalue weighted by molar-refractivity contribution is 7.99. The van der Waals surface area contributed by atoms with E-state index >= 15 is 0 Å². The van der Waals surface area contributed by atoms with E-state index in [1.165, 1.54) is 23.4 Å². The van der Waals surface area contributed by atoms with Gasteiger partial charge in [0, 0.05) is 12.6 Å². The van der Waals surface area contributed by atoms with Gasteiger partial charge in [0.2, 0.25) is 5.91 Å². The van der Waals surface area contributed by atoms with Crippen LogP contribution in [0.4, 0.5) is 0 Å². The number of thioether (sulfide) groups is 1. The number of hydrogen-bond donors (Lipinski definition) is 2. The van der Waals surface area contributed by atoms with Crippen molar-refractivity contribution in [3.8, 4) is 0 Å². The monoisotopic (exact) mass is 361 g/mol. The van der Waals surface area contributed by atoms with Gasteiger partial charge in [0.15, 0.2) is 5.16 Å². The summed E-state index contributed by atoms with van der Waals surface area (Å²) in [6.45, 7) is 4.69. The third kappa shape index (κ3) is 7.53. The van der Waals surface area contributed by atoms with Crippen molar-refractivity contribution in [2.75, 3.05) is 12.3 Å². The molecule has 6 nitrogen and oxygen atoms in total. The molecule has 1 heterocycles. The van der Waals surface area contributed by atoms with Crippen LogP contribution in [0.15, 0.2) is 46.3 Å². The predicted molar refractivity (Wildman–Crippen MR) is 98.7 cm³/mol. The molecule has 25 heavy (non-hydrogen) atoms. The molecule has 0 fully saturated rings. The zero-order valence-corrected chi connectivity index (χ0v) is 15.3. The zero-order chi connectivity index (χ0) is 18.1. The SMILES string of the molecule is CC(C)OCc1cc(=O)[nH]c(SCC(=O)NCCc2ccccc2)n1. The molecule has 134 valence electrons. The number of H-pyrrole nitrogens is 1. The molecule has 0 aliphatic heterocycles. The van der Waals surface area contributed by atoms with Crippen molar-refractivity contribution in [1.29, 1.82) is 0 Å². The molecule has 0 radical (unpaired) electrons. The fourth-order valence-corrected chi connectivity index (χ4v) is 2.78. The maximum absolute atomic E-state index is 11.9. The second-order valence-electron chi connectivity index (χ2n) is 5.78. The first-order valence-corrected chi connectivity index (χ1v) is 9.17. The van der Waals surface area contributed by atoms with Gasteiger partial charge in [0.1, 0.15) is 0 Å². The smallest absolute Gasteiger partial charge is 0.251 e. The van der Waals surface area contributed by atoms with Crippen molar-refractivity contribution >= 4 is 17.7 Å². The lowest BCUT2D eigenvalue weighted by molar-refractivity contribution is -0.118. The van der Waals surface area contributed by atoms with E-state index in [1.54, 1.807) is 0 Å². The second-order valence-corrected chi connectivity index (χ2v) is 6.74. The molecule has 0 saturated heterocycles. The number of nitrogens with one attached hydrogen (secondary N) is 2. The molecule has 0 spiro atoms. The lowest BCUT2D eigenvalue weighted by Crippen LogP contribution is -2.27. The summed E-state index contributed by atoms with van der Waals surface area (Å²) >= 11 is 1.20. The van der Waals surface area contributed by atoms with Gasteiger partial charge in [-0.05, 0) is 25.8 Å². The van der Waals surface area contributed by atoms with Crippen LogP contribution in [0.25, 0.3) is 0 Å². The average molecular weight is 361 g/mol. The molecule has 1 aromatic heterocycles. The Labute approximate surface area is 151 Å². The molecule has 0 atom stereocenters. The summed E-state index contributed by atoms with van der Waals surface area (Å²) in [5, 5.41) is 3.29. The summed E-state index contributed by atoms with van der Waals surface area (Å²) in [5.41, 5.74) is 1.49. The Morgan fingerprint density at radius 2 is 2.08 bits per heavy atom. The molecule has 7 heteroatoms. The molecule has 2 N–H and O–H groups in total. The number of ether oxygens (including phenoxy) is 1. The van der Waals surface area contributed by atoms with E-state index < -0.39 is 0 Å². The highest BCUT2D eigenvalue weighted by atomic mass is 32.2. The quantitative estimate of drug-likeness (QED) is 0.528. The largest absolute Gasteiger partial charge is 0.373 e. The Bertz CT molecular complexity index is 732. The van der Waals surface area contributed by atoms with Crippen LogP contribution >= 0.6 is 11.8 Å².